The summed E-state index contributed by atoms with van der Waals surface area (Å²) in [5.41, 5.74) is -0.878. The topological polar surface area (TPSA) is 21.3 Å². The SMILES string of the molecule is CCNC1(C(F)(F)F)CCc2ccc(OC)cc21. The largest absolute Gasteiger partial charge is 0.497 e. The Kier molecular flexibility index (Phi) is 3.27. The maximum absolute atomic E-state index is 13.4. The first kappa shape index (κ1) is 13.2. The van der Waals surface area contributed by atoms with Crippen molar-refractivity contribution >= 4 is 0 Å². The molecule has 2 rings (SSSR count). The number of hydrogen-bond acceptors (Lipinski definition) is 2. The van der Waals surface area contributed by atoms with Gasteiger partial charge in [-0.05, 0) is 42.6 Å². The Balaban J connectivity index is 2.54. The Labute approximate surface area is 104 Å². The van der Waals surface area contributed by atoms with Gasteiger partial charge in [0, 0.05) is 0 Å². The standard InChI is InChI=1S/C13H16F3NO/c1-3-17-12(13(14,15)16)7-6-9-4-5-10(18-2)8-11(9)12/h4-5,8,17H,3,6-7H2,1-2H3. The minimum absolute atomic E-state index is 0.0485. The highest BCUT2D eigenvalue weighted by Crippen LogP contribution is 2.48. The summed E-state index contributed by atoms with van der Waals surface area (Å²) in [6.07, 6.45) is -3.82. The second kappa shape index (κ2) is 4.46. The molecule has 100 valence electrons. The Hall–Kier alpha value is -1.23. The minimum atomic E-state index is -4.30. The number of fused-ring (bicyclic) bond motifs is 1. The van der Waals surface area contributed by atoms with Crippen LogP contribution in [0, 0.1) is 0 Å². The van der Waals surface area contributed by atoms with Crippen molar-refractivity contribution in [3.05, 3.63) is 29.3 Å². The van der Waals surface area contributed by atoms with Crippen LogP contribution >= 0.6 is 0 Å². The summed E-state index contributed by atoms with van der Waals surface area (Å²) in [6.45, 7) is 1.96. The molecule has 0 amide bonds. The van der Waals surface area contributed by atoms with Gasteiger partial charge < -0.3 is 10.1 Å². The lowest BCUT2D eigenvalue weighted by Crippen LogP contribution is -2.52. The van der Waals surface area contributed by atoms with Crippen LogP contribution in [0.2, 0.25) is 0 Å². The third-order valence-corrected chi connectivity index (χ3v) is 3.51. The normalized spacial score (nSPS) is 22.9. The zero-order chi connectivity index (χ0) is 13.4. The predicted octanol–water partition coefficient (Wildman–Crippen LogP) is 3.01. The number of benzene rings is 1. The van der Waals surface area contributed by atoms with Gasteiger partial charge in [0.2, 0.25) is 0 Å². The number of nitrogens with one attached hydrogen (secondary N) is 1. The number of methoxy groups -OCH3 is 1. The summed E-state index contributed by atoms with van der Waals surface area (Å²) in [7, 11) is 1.46. The van der Waals surface area contributed by atoms with Gasteiger partial charge in [-0.1, -0.05) is 13.0 Å². The summed E-state index contributed by atoms with van der Waals surface area (Å²) in [5.74, 6) is 0.460. The van der Waals surface area contributed by atoms with E-state index < -0.39 is 11.7 Å². The van der Waals surface area contributed by atoms with Gasteiger partial charge in [-0.3, -0.25) is 0 Å². The Morgan fingerprint density at radius 2 is 2.11 bits per heavy atom. The van der Waals surface area contributed by atoms with Crippen LogP contribution in [0.15, 0.2) is 18.2 Å². The molecule has 0 saturated carbocycles. The van der Waals surface area contributed by atoms with Crippen molar-refractivity contribution in [1.29, 1.82) is 0 Å². The van der Waals surface area contributed by atoms with E-state index in [1.807, 2.05) is 0 Å². The molecule has 18 heavy (non-hydrogen) atoms. The van der Waals surface area contributed by atoms with E-state index in [1.54, 1.807) is 19.1 Å². The lowest BCUT2D eigenvalue weighted by molar-refractivity contribution is -0.200. The van der Waals surface area contributed by atoms with Crippen LogP contribution in [0.5, 0.6) is 5.75 Å². The fourth-order valence-electron chi connectivity index (χ4n) is 2.63. The number of rotatable bonds is 3. The average Bonchev–Trinajstić information content (AvgIpc) is 2.69. The van der Waals surface area contributed by atoms with Gasteiger partial charge in [0.1, 0.15) is 11.3 Å². The summed E-state index contributed by atoms with van der Waals surface area (Å²) in [5, 5.41) is 2.62. The van der Waals surface area contributed by atoms with E-state index in [4.69, 9.17) is 4.74 Å². The van der Waals surface area contributed by atoms with Crippen molar-refractivity contribution in [2.24, 2.45) is 0 Å². The molecule has 0 spiro atoms. The van der Waals surface area contributed by atoms with Crippen LogP contribution in [-0.4, -0.2) is 19.8 Å². The van der Waals surface area contributed by atoms with Crippen molar-refractivity contribution in [3.8, 4) is 5.75 Å². The van der Waals surface area contributed by atoms with Crippen molar-refractivity contribution in [2.45, 2.75) is 31.5 Å². The monoisotopic (exact) mass is 259 g/mol. The first-order chi connectivity index (χ1) is 8.44. The van der Waals surface area contributed by atoms with Crippen molar-refractivity contribution in [3.63, 3.8) is 0 Å². The minimum Gasteiger partial charge on any atom is -0.497 e. The number of alkyl halides is 3. The smallest absolute Gasteiger partial charge is 0.410 e. The van der Waals surface area contributed by atoms with Gasteiger partial charge in [-0.2, -0.15) is 13.2 Å². The van der Waals surface area contributed by atoms with Crippen molar-refractivity contribution in [2.75, 3.05) is 13.7 Å². The van der Waals surface area contributed by atoms with Gasteiger partial charge in [0.05, 0.1) is 7.11 Å². The van der Waals surface area contributed by atoms with Gasteiger partial charge in [-0.25, -0.2) is 0 Å². The molecule has 1 aliphatic rings. The number of halogens is 3. The molecule has 0 aliphatic heterocycles. The first-order valence-corrected chi connectivity index (χ1v) is 5.94. The molecule has 1 aromatic rings. The van der Waals surface area contributed by atoms with Crippen LogP contribution < -0.4 is 10.1 Å². The van der Waals surface area contributed by atoms with E-state index in [0.717, 1.165) is 5.56 Å². The Morgan fingerprint density at radius 1 is 1.39 bits per heavy atom. The van der Waals surface area contributed by atoms with E-state index >= 15 is 0 Å². The Bertz CT molecular complexity index is 440. The van der Waals surface area contributed by atoms with Crippen LogP contribution in [0.3, 0.4) is 0 Å². The summed E-state index contributed by atoms with van der Waals surface area (Å²) in [4.78, 5) is 0. The van der Waals surface area contributed by atoms with Crippen LogP contribution in [0.1, 0.15) is 24.5 Å². The molecule has 1 unspecified atom stereocenters. The summed E-state index contributed by atoms with van der Waals surface area (Å²) >= 11 is 0. The molecular formula is C13H16F3NO. The third kappa shape index (κ3) is 1.86. The zero-order valence-electron chi connectivity index (χ0n) is 10.4. The van der Waals surface area contributed by atoms with E-state index in [9.17, 15) is 13.2 Å². The Morgan fingerprint density at radius 3 is 2.67 bits per heavy atom. The second-order valence-electron chi connectivity index (χ2n) is 4.46. The molecule has 2 nitrogen and oxygen atoms in total. The first-order valence-electron chi connectivity index (χ1n) is 5.94. The number of aryl methyl sites for hydroxylation is 1. The highest BCUT2D eigenvalue weighted by atomic mass is 19.4. The van der Waals surface area contributed by atoms with Gasteiger partial charge in [-0.15, -0.1) is 0 Å². The summed E-state index contributed by atoms with van der Waals surface area (Å²) in [6, 6.07) is 4.93. The van der Waals surface area contributed by atoms with Crippen molar-refractivity contribution < 1.29 is 17.9 Å². The molecule has 5 heteroatoms. The molecule has 0 saturated heterocycles. The highest BCUT2D eigenvalue weighted by molar-refractivity contribution is 5.45. The third-order valence-electron chi connectivity index (χ3n) is 3.51. The highest BCUT2D eigenvalue weighted by Gasteiger charge is 2.58. The van der Waals surface area contributed by atoms with Crippen LogP contribution in [0.25, 0.3) is 0 Å². The van der Waals surface area contributed by atoms with E-state index in [-0.39, 0.29) is 13.0 Å². The number of ether oxygens (including phenoxy) is 1. The molecule has 1 aromatic carbocycles. The van der Waals surface area contributed by atoms with Crippen molar-refractivity contribution in [1.82, 2.24) is 5.32 Å². The lowest BCUT2D eigenvalue weighted by Gasteiger charge is -2.33. The molecule has 1 N–H and O–H groups in total. The molecule has 0 bridgehead atoms. The molecule has 0 fully saturated rings. The van der Waals surface area contributed by atoms with Gasteiger partial charge >= 0.3 is 6.18 Å². The van der Waals surface area contributed by atoms with Crippen LogP contribution in [-0.2, 0) is 12.0 Å². The average molecular weight is 259 g/mol. The molecule has 0 radical (unpaired) electrons. The fraction of sp³-hybridized carbons (Fsp3) is 0.538. The fourth-order valence-corrected chi connectivity index (χ4v) is 2.63. The quantitative estimate of drug-likeness (QED) is 0.901. The second-order valence-corrected chi connectivity index (χ2v) is 4.46. The molecular weight excluding hydrogens is 243 g/mol. The zero-order valence-corrected chi connectivity index (χ0v) is 10.4. The molecule has 0 aromatic heterocycles. The van der Waals surface area contributed by atoms with E-state index in [1.165, 1.54) is 13.2 Å². The van der Waals surface area contributed by atoms with E-state index in [0.29, 0.717) is 17.7 Å². The summed E-state index contributed by atoms with van der Waals surface area (Å²) < 4.78 is 45.3. The molecule has 1 aliphatic carbocycles. The van der Waals surface area contributed by atoms with Gasteiger partial charge in [0.15, 0.2) is 0 Å². The number of hydrogen-bond donors (Lipinski definition) is 1. The molecule has 0 heterocycles. The van der Waals surface area contributed by atoms with Crippen LogP contribution in [0.4, 0.5) is 13.2 Å². The maximum Gasteiger partial charge on any atom is 0.410 e. The predicted molar refractivity (Wildman–Crippen MR) is 62.7 cm³/mol. The maximum atomic E-state index is 13.4. The van der Waals surface area contributed by atoms with E-state index in [2.05, 4.69) is 5.32 Å². The molecule has 1 atom stereocenters. The lowest BCUT2D eigenvalue weighted by atomic mass is 9.90. The van der Waals surface area contributed by atoms with Gasteiger partial charge in [0.25, 0.3) is 0 Å².